The monoisotopic (exact) mass is 278 g/mol. The number of carbonyl (C=O) groups excluding carboxylic acids is 1. The Kier molecular flexibility index (Phi) is 4.73. The second kappa shape index (κ2) is 6.33. The maximum atomic E-state index is 12.5. The second-order valence-corrected chi connectivity index (χ2v) is 5.56. The van der Waals surface area contributed by atoms with Crippen LogP contribution in [0.5, 0.6) is 0 Å². The van der Waals surface area contributed by atoms with E-state index < -0.39 is 5.41 Å². The summed E-state index contributed by atoms with van der Waals surface area (Å²) in [6.45, 7) is 6.36. The van der Waals surface area contributed by atoms with Crippen molar-refractivity contribution >= 4 is 5.91 Å². The molecule has 1 aromatic rings. The molecule has 0 spiro atoms. The summed E-state index contributed by atoms with van der Waals surface area (Å²) in [6, 6.07) is 3.80. The Hall–Kier alpha value is -1.46. The fraction of sp³-hybridized carbons (Fsp3) is 0.600. The molecule has 0 radical (unpaired) electrons. The third-order valence-corrected chi connectivity index (χ3v) is 3.69. The van der Waals surface area contributed by atoms with Gasteiger partial charge in [-0.2, -0.15) is 0 Å². The minimum absolute atomic E-state index is 0.122. The molecule has 0 atom stereocenters. The maximum absolute atomic E-state index is 12.5. The standard InChI is InChI=1S/C15H22N2O3/c1-15(2,12-5-4-6-16-9-12)14(18)17-10-13(11-17)20-8-7-19-3/h4-6,9,13H,7-8,10-11H2,1-3H3. The molecule has 0 bridgehead atoms. The molecule has 0 N–H and O–H groups in total. The zero-order chi connectivity index (χ0) is 14.6. The average Bonchev–Trinajstić information content (AvgIpc) is 2.41. The van der Waals surface area contributed by atoms with Gasteiger partial charge >= 0.3 is 0 Å². The van der Waals surface area contributed by atoms with Gasteiger partial charge in [0.2, 0.25) is 5.91 Å². The van der Waals surface area contributed by atoms with Crippen molar-refractivity contribution in [2.75, 3.05) is 33.4 Å². The highest BCUT2D eigenvalue weighted by Gasteiger charge is 2.40. The molecule has 0 unspecified atom stereocenters. The summed E-state index contributed by atoms with van der Waals surface area (Å²) >= 11 is 0. The summed E-state index contributed by atoms with van der Waals surface area (Å²) < 4.78 is 10.5. The van der Waals surface area contributed by atoms with Crippen molar-refractivity contribution in [3.05, 3.63) is 30.1 Å². The molecule has 1 saturated heterocycles. The van der Waals surface area contributed by atoms with Crippen LogP contribution in [-0.2, 0) is 19.7 Å². The first-order valence-electron chi connectivity index (χ1n) is 6.86. The Morgan fingerprint density at radius 3 is 2.80 bits per heavy atom. The zero-order valence-electron chi connectivity index (χ0n) is 12.3. The molecule has 1 fully saturated rings. The van der Waals surface area contributed by atoms with E-state index in [1.165, 1.54) is 0 Å². The molecule has 1 aliphatic rings. The molecule has 110 valence electrons. The van der Waals surface area contributed by atoms with Gasteiger partial charge in [0.1, 0.15) is 0 Å². The van der Waals surface area contributed by atoms with Gasteiger partial charge < -0.3 is 14.4 Å². The zero-order valence-corrected chi connectivity index (χ0v) is 12.3. The highest BCUT2D eigenvalue weighted by molar-refractivity contribution is 5.88. The topological polar surface area (TPSA) is 51.7 Å². The van der Waals surface area contributed by atoms with Crippen molar-refractivity contribution in [2.45, 2.75) is 25.4 Å². The predicted octanol–water partition coefficient (Wildman–Crippen LogP) is 1.23. The first-order valence-corrected chi connectivity index (χ1v) is 6.86. The van der Waals surface area contributed by atoms with E-state index in [1.54, 1.807) is 19.5 Å². The van der Waals surface area contributed by atoms with Gasteiger partial charge in [-0.25, -0.2) is 0 Å². The summed E-state index contributed by atoms with van der Waals surface area (Å²) in [4.78, 5) is 18.5. The van der Waals surface area contributed by atoms with Crippen LogP contribution in [0.2, 0.25) is 0 Å². The van der Waals surface area contributed by atoms with E-state index in [9.17, 15) is 4.79 Å². The van der Waals surface area contributed by atoms with E-state index in [-0.39, 0.29) is 12.0 Å². The van der Waals surface area contributed by atoms with Crippen molar-refractivity contribution in [3.8, 4) is 0 Å². The lowest BCUT2D eigenvalue weighted by molar-refractivity contribution is -0.151. The summed E-state index contributed by atoms with van der Waals surface area (Å²) in [5.41, 5.74) is 0.389. The number of hydrogen-bond donors (Lipinski definition) is 0. The van der Waals surface area contributed by atoms with Gasteiger partial charge in [0.05, 0.1) is 24.7 Å². The first kappa shape index (κ1) is 14.9. The van der Waals surface area contributed by atoms with E-state index in [4.69, 9.17) is 9.47 Å². The van der Waals surface area contributed by atoms with Crippen LogP contribution in [0.15, 0.2) is 24.5 Å². The van der Waals surface area contributed by atoms with Crippen molar-refractivity contribution in [1.29, 1.82) is 0 Å². The van der Waals surface area contributed by atoms with Gasteiger partial charge in [-0.3, -0.25) is 9.78 Å². The third kappa shape index (κ3) is 3.16. The Morgan fingerprint density at radius 1 is 1.45 bits per heavy atom. The summed E-state index contributed by atoms with van der Waals surface area (Å²) in [5, 5.41) is 0. The lowest BCUT2D eigenvalue weighted by atomic mass is 9.83. The largest absolute Gasteiger partial charge is 0.382 e. The second-order valence-electron chi connectivity index (χ2n) is 5.56. The van der Waals surface area contributed by atoms with Crippen LogP contribution in [0.1, 0.15) is 19.4 Å². The van der Waals surface area contributed by atoms with Crippen LogP contribution in [-0.4, -0.2) is 55.3 Å². The van der Waals surface area contributed by atoms with Gasteiger partial charge in [-0.05, 0) is 25.5 Å². The van der Waals surface area contributed by atoms with Gasteiger partial charge in [0.25, 0.3) is 0 Å². The lowest BCUT2D eigenvalue weighted by Gasteiger charge is -2.42. The highest BCUT2D eigenvalue weighted by Crippen LogP contribution is 2.27. The molecule has 0 saturated carbocycles. The van der Waals surface area contributed by atoms with Crippen molar-refractivity contribution in [2.24, 2.45) is 0 Å². The quantitative estimate of drug-likeness (QED) is 0.735. The van der Waals surface area contributed by atoms with E-state index in [0.29, 0.717) is 26.3 Å². The minimum atomic E-state index is -0.550. The molecule has 2 rings (SSSR count). The van der Waals surface area contributed by atoms with E-state index in [1.807, 2.05) is 30.9 Å². The molecular weight excluding hydrogens is 256 g/mol. The van der Waals surface area contributed by atoms with Crippen molar-refractivity contribution in [1.82, 2.24) is 9.88 Å². The number of pyridine rings is 1. The Bertz CT molecular complexity index is 442. The van der Waals surface area contributed by atoms with Gasteiger partial charge in [-0.15, -0.1) is 0 Å². The summed E-state index contributed by atoms with van der Waals surface area (Å²) in [7, 11) is 1.65. The summed E-state index contributed by atoms with van der Waals surface area (Å²) in [6.07, 6.45) is 3.61. The third-order valence-electron chi connectivity index (χ3n) is 3.69. The molecule has 0 aromatic carbocycles. The number of hydrogen-bond acceptors (Lipinski definition) is 4. The fourth-order valence-electron chi connectivity index (χ4n) is 2.26. The Morgan fingerprint density at radius 2 is 2.20 bits per heavy atom. The minimum Gasteiger partial charge on any atom is -0.382 e. The van der Waals surface area contributed by atoms with E-state index in [2.05, 4.69) is 4.98 Å². The number of ether oxygens (including phenoxy) is 2. The van der Waals surface area contributed by atoms with Gasteiger partial charge in [0.15, 0.2) is 0 Å². The molecule has 1 aliphatic heterocycles. The number of amides is 1. The van der Waals surface area contributed by atoms with E-state index in [0.717, 1.165) is 5.56 Å². The lowest BCUT2D eigenvalue weighted by Crippen LogP contribution is -2.59. The van der Waals surface area contributed by atoms with Crippen molar-refractivity contribution in [3.63, 3.8) is 0 Å². The molecule has 5 heteroatoms. The normalized spacial score (nSPS) is 16.1. The average molecular weight is 278 g/mol. The van der Waals surface area contributed by atoms with Crippen LogP contribution in [0.25, 0.3) is 0 Å². The number of rotatable bonds is 6. The predicted molar refractivity (Wildman–Crippen MR) is 75.5 cm³/mol. The number of methoxy groups -OCH3 is 1. The SMILES string of the molecule is COCCOC1CN(C(=O)C(C)(C)c2cccnc2)C1. The number of aromatic nitrogens is 1. The van der Waals surface area contributed by atoms with Crippen molar-refractivity contribution < 1.29 is 14.3 Å². The fourth-order valence-corrected chi connectivity index (χ4v) is 2.26. The smallest absolute Gasteiger partial charge is 0.232 e. The Labute approximate surface area is 119 Å². The molecule has 0 aliphatic carbocycles. The van der Waals surface area contributed by atoms with Gasteiger partial charge in [-0.1, -0.05) is 6.07 Å². The van der Waals surface area contributed by atoms with Gasteiger partial charge in [0, 0.05) is 32.6 Å². The number of likely N-dealkylation sites (tertiary alicyclic amines) is 1. The van der Waals surface area contributed by atoms with Crippen LogP contribution >= 0.6 is 0 Å². The van der Waals surface area contributed by atoms with E-state index >= 15 is 0 Å². The molecule has 2 heterocycles. The maximum Gasteiger partial charge on any atom is 0.232 e. The highest BCUT2D eigenvalue weighted by atomic mass is 16.5. The van der Waals surface area contributed by atoms with Crippen LogP contribution in [0, 0.1) is 0 Å². The van der Waals surface area contributed by atoms with Crippen LogP contribution in [0.3, 0.4) is 0 Å². The first-order chi connectivity index (χ1) is 9.55. The Balaban J connectivity index is 1.87. The molecule has 1 aromatic heterocycles. The molecular formula is C15H22N2O3. The molecule has 1 amide bonds. The van der Waals surface area contributed by atoms with Crippen LogP contribution in [0.4, 0.5) is 0 Å². The molecule has 20 heavy (non-hydrogen) atoms. The molecule has 5 nitrogen and oxygen atoms in total. The van der Waals surface area contributed by atoms with Crippen LogP contribution < -0.4 is 0 Å². The summed E-state index contributed by atoms with van der Waals surface area (Å²) in [5.74, 6) is 0.122. The number of carbonyl (C=O) groups is 1. The number of nitrogens with zero attached hydrogens (tertiary/aromatic N) is 2.